The van der Waals surface area contributed by atoms with Crippen LogP contribution < -0.4 is 0 Å². The molecule has 1 fully saturated rings. The smallest absolute Gasteiger partial charge is 0.350 e. The Morgan fingerprint density at radius 3 is 1.88 bits per heavy atom. The van der Waals surface area contributed by atoms with Crippen molar-refractivity contribution in [3.8, 4) is 0 Å². The summed E-state index contributed by atoms with van der Waals surface area (Å²) in [6, 6.07) is 0. The molecule has 0 saturated heterocycles. The number of carbonyl (C=O) groups excluding carboxylic acids is 3. The molecule has 0 aromatic carbocycles. The Kier molecular flexibility index (Phi) is 20.6. The van der Waals surface area contributed by atoms with Gasteiger partial charge in [-0.1, -0.05) is 124 Å². The van der Waals surface area contributed by atoms with E-state index in [4.69, 9.17) is 14.2 Å². The molecule has 2 unspecified atom stereocenters. The quantitative estimate of drug-likeness (QED) is 0.0503. The molecule has 0 N–H and O–H groups in total. The Labute approximate surface area is 245 Å². The molecule has 0 heterocycles. The summed E-state index contributed by atoms with van der Waals surface area (Å²) in [5.41, 5.74) is -1.44. The average Bonchev–Trinajstić information content (AvgIpc) is 2.94. The van der Waals surface area contributed by atoms with Crippen molar-refractivity contribution >= 4 is 17.9 Å². The first-order valence-corrected chi connectivity index (χ1v) is 16.5. The third-order valence-electron chi connectivity index (χ3n) is 8.03. The molecule has 0 radical (unpaired) electrons. The Bertz CT molecular complexity index is 703. The van der Waals surface area contributed by atoms with Gasteiger partial charge in [0, 0.05) is 12.5 Å². The van der Waals surface area contributed by atoms with Gasteiger partial charge >= 0.3 is 17.9 Å². The average molecular weight is 565 g/mol. The third kappa shape index (κ3) is 16.4. The highest BCUT2D eigenvalue weighted by Gasteiger charge is 2.49. The lowest BCUT2D eigenvalue weighted by Gasteiger charge is -2.37. The highest BCUT2D eigenvalue weighted by molar-refractivity contribution is 5.88. The molecule has 1 saturated carbocycles. The maximum absolute atomic E-state index is 13.1. The van der Waals surface area contributed by atoms with E-state index in [1.165, 1.54) is 70.6 Å². The fraction of sp³-hybridized carbons (Fsp3) is 0.853. The van der Waals surface area contributed by atoms with Crippen molar-refractivity contribution in [1.82, 2.24) is 0 Å². The standard InChI is InChI=1S/C34H60O6/c1-5-7-8-9-10-14-18-21-27-39-33(37)34(40-31(35)6-2)25-22-24-30(28-34)32(36)38-26-20-17-15-12-11-13-16-19-23-29(3)4/h6,29-30H,2,5,7-28H2,1,3-4H3. The summed E-state index contributed by atoms with van der Waals surface area (Å²) < 4.78 is 16.7. The zero-order chi connectivity index (χ0) is 29.5. The molecule has 0 aromatic heterocycles. The molecule has 1 aliphatic carbocycles. The Morgan fingerprint density at radius 1 is 0.800 bits per heavy atom. The molecule has 0 amide bonds. The third-order valence-corrected chi connectivity index (χ3v) is 8.03. The molecule has 232 valence electrons. The second-order valence-corrected chi connectivity index (χ2v) is 12.2. The predicted molar refractivity (Wildman–Crippen MR) is 162 cm³/mol. The van der Waals surface area contributed by atoms with Gasteiger partial charge in [-0.25, -0.2) is 9.59 Å². The molecular weight excluding hydrogens is 504 g/mol. The first kappa shape index (κ1) is 36.2. The Morgan fingerprint density at radius 2 is 1.32 bits per heavy atom. The van der Waals surface area contributed by atoms with Crippen molar-refractivity contribution < 1.29 is 28.6 Å². The van der Waals surface area contributed by atoms with Crippen LogP contribution in [0.2, 0.25) is 0 Å². The lowest BCUT2D eigenvalue weighted by Crippen LogP contribution is -2.49. The van der Waals surface area contributed by atoms with Crippen LogP contribution in [0.15, 0.2) is 12.7 Å². The van der Waals surface area contributed by atoms with E-state index in [0.29, 0.717) is 32.5 Å². The van der Waals surface area contributed by atoms with E-state index in [1.54, 1.807) is 0 Å². The first-order chi connectivity index (χ1) is 19.3. The zero-order valence-electron chi connectivity index (χ0n) is 26.2. The Balaban J connectivity index is 2.37. The predicted octanol–water partition coefficient (Wildman–Crippen LogP) is 9.04. The van der Waals surface area contributed by atoms with Gasteiger partial charge in [0.1, 0.15) is 0 Å². The van der Waals surface area contributed by atoms with E-state index >= 15 is 0 Å². The summed E-state index contributed by atoms with van der Waals surface area (Å²) in [5.74, 6) is -1.20. The molecule has 6 heteroatoms. The summed E-state index contributed by atoms with van der Waals surface area (Å²) in [7, 11) is 0. The summed E-state index contributed by atoms with van der Waals surface area (Å²) in [6.45, 7) is 10.9. The second kappa shape index (κ2) is 22.8. The normalized spacial score (nSPS) is 18.9. The minimum absolute atomic E-state index is 0.110. The molecule has 6 nitrogen and oxygen atoms in total. The highest BCUT2D eigenvalue weighted by Crippen LogP contribution is 2.37. The lowest BCUT2D eigenvalue weighted by molar-refractivity contribution is -0.188. The topological polar surface area (TPSA) is 78.9 Å². The minimum atomic E-state index is -1.44. The maximum atomic E-state index is 13.1. The van der Waals surface area contributed by atoms with Gasteiger partial charge in [0.2, 0.25) is 5.60 Å². The van der Waals surface area contributed by atoms with Crippen LogP contribution in [0.4, 0.5) is 0 Å². The summed E-state index contributed by atoms with van der Waals surface area (Å²) in [6.07, 6.45) is 22.8. The molecule has 0 aromatic rings. The summed E-state index contributed by atoms with van der Waals surface area (Å²) in [5, 5.41) is 0. The van der Waals surface area contributed by atoms with Crippen molar-refractivity contribution in [2.45, 2.75) is 161 Å². The number of rotatable bonds is 24. The SMILES string of the molecule is C=CC(=O)OC1(C(=O)OCCCCCCCCCC)CCCC(C(=O)OCCCCCCCCCCC(C)C)C1. The van der Waals surface area contributed by atoms with Crippen LogP contribution in [0.5, 0.6) is 0 Å². The van der Waals surface area contributed by atoms with Gasteiger partial charge in [-0.15, -0.1) is 0 Å². The van der Waals surface area contributed by atoms with Gasteiger partial charge in [-0.3, -0.25) is 4.79 Å². The second-order valence-electron chi connectivity index (χ2n) is 12.2. The fourth-order valence-electron chi connectivity index (χ4n) is 5.53. The number of hydrogen-bond donors (Lipinski definition) is 0. The van der Waals surface area contributed by atoms with Crippen LogP contribution in [0.25, 0.3) is 0 Å². The van der Waals surface area contributed by atoms with Crippen molar-refractivity contribution in [2.75, 3.05) is 13.2 Å². The number of carbonyl (C=O) groups is 3. The first-order valence-electron chi connectivity index (χ1n) is 16.5. The number of hydrogen-bond acceptors (Lipinski definition) is 6. The zero-order valence-corrected chi connectivity index (χ0v) is 26.2. The molecule has 1 rings (SSSR count). The molecular formula is C34H60O6. The van der Waals surface area contributed by atoms with Crippen LogP contribution >= 0.6 is 0 Å². The molecule has 0 bridgehead atoms. The lowest BCUT2D eigenvalue weighted by atomic mass is 9.77. The molecule has 40 heavy (non-hydrogen) atoms. The number of ether oxygens (including phenoxy) is 3. The van der Waals surface area contributed by atoms with Crippen LogP contribution in [0.1, 0.15) is 156 Å². The molecule has 0 spiro atoms. The van der Waals surface area contributed by atoms with Gasteiger partial charge in [0.15, 0.2) is 0 Å². The van der Waals surface area contributed by atoms with E-state index < -0.39 is 23.5 Å². The Hall–Kier alpha value is -1.85. The van der Waals surface area contributed by atoms with E-state index in [9.17, 15) is 14.4 Å². The minimum Gasteiger partial charge on any atom is -0.465 e. The largest absolute Gasteiger partial charge is 0.465 e. The van der Waals surface area contributed by atoms with Gasteiger partial charge in [0.25, 0.3) is 0 Å². The number of unbranched alkanes of at least 4 members (excludes halogenated alkanes) is 14. The van der Waals surface area contributed by atoms with Gasteiger partial charge in [-0.05, 0) is 38.0 Å². The van der Waals surface area contributed by atoms with E-state index in [2.05, 4.69) is 27.4 Å². The molecule has 0 aliphatic heterocycles. The molecule has 1 aliphatic rings. The van der Waals surface area contributed by atoms with Crippen LogP contribution in [-0.4, -0.2) is 36.7 Å². The highest BCUT2D eigenvalue weighted by atomic mass is 16.6. The van der Waals surface area contributed by atoms with Gasteiger partial charge in [0.05, 0.1) is 19.1 Å². The van der Waals surface area contributed by atoms with E-state index in [1.807, 2.05) is 0 Å². The summed E-state index contributed by atoms with van der Waals surface area (Å²) >= 11 is 0. The van der Waals surface area contributed by atoms with Crippen LogP contribution in [0.3, 0.4) is 0 Å². The van der Waals surface area contributed by atoms with Gasteiger partial charge < -0.3 is 14.2 Å². The fourth-order valence-corrected chi connectivity index (χ4v) is 5.53. The monoisotopic (exact) mass is 564 g/mol. The van der Waals surface area contributed by atoms with Crippen LogP contribution in [0, 0.1) is 11.8 Å². The van der Waals surface area contributed by atoms with Crippen molar-refractivity contribution in [2.24, 2.45) is 11.8 Å². The maximum Gasteiger partial charge on any atom is 0.350 e. The van der Waals surface area contributed by atoms with E-state index in [-0.39, 0.29) is 12.4 Å². The van der Waals surface area contributed by atoms with Crippen molar-refractivity contribution in [1.29, 1.82) is 0 Å². The van der Waals surface area contributed by atoms with Crippen molar-refractivity contribution in [3.63, 3.8) is 0 Å². The summed E-state index contributed by atoms with van der Waals surface area (Å²) in [4.78, 5) is 38.1. The van der Waals surface area contributed by atoms with Crippen molar-refractivity contribution in [3.05, 3.63) is 12.7 Å². The van der Waals surface area contributed by atoms with E-state index in [0.717, 1.165) is 50.5 Å². The van der Waals surface area contributed by atoms with Gasteiger partial charge in [-0.2, -0.15) is 0 Å². The number of esters is 3. The van der Waals surface area contributed by atoms with Crippen LogP contribution in [-0.2, 0) is 28.6 Å². The molecule has 2 atom stereocenters.